The van der Waals surface area contributed by atoms with Crippen LogP contribution < -0.4 is 0 Å². The molecule has 1 aliphatic carbocycles. The third-order valence-corrected chi connectivity index (χ3v) is 3.59. The second-order valence-electron chi connectivity index (χ2n) is 5.92. The van der Waals surface area contributed by atoms with Crippen LogP contribution in [-0.4, -0.2) is 29.8 Å². The van der Waals surface area contributed by atoms with Crippen LogP contribution in [0.4, 0.5) is 0 Å². The summed E-state index contributed by atoms with van der Waals surface area (Å²) >= 11 is 0. The Morgan fingerprint density at radius 3 is 2.67 bits per heavy atom. The smallest absolute Gasteiger partial charge is 0.318 e. The molecule has 0 N–H and O–H groups in total. The van der Waals surface area contributed by atoms with Crippen LogP contribution in [0.2, 0.25) is 0 Å². The molecule has 0 bridgehead atoms. The van der Waals surface area contributed by atoms with Gasteiger partial charge < -0.3 is 14.0 Å². The summed E-state index contributed by atoms with van der Waals surface area (Å²) in [5.41, 5.74) is 0. The van der Waals surface area contributed by atoms with Crippen molar-refractivity contribution >= 4 is 5.97 Å². The first-order valence-electron chi connectivity index (χ1n) is 7.59. The van der Waals surface area contributed by atoms with Gasteiger partial charge in [-0.3, -0.25) is 4.79 Å². The molecule has 0 amide bonds. The molecule has 21 heavy (non-hydrogen) atoms. The zero-order valence-electron chi connectivity index (χ0n) is 13.2. The van der Waals surface area contributed by atoms with E-state index in [1.807, 2.05) is 13.8 Å². The number of carbonyl (C=O) groups is 1. The highest BCUT2D eigenvalue weighted by molar-refractivity contribution is 5.76. The highest BCUT2D eigenvalue weighted by Gasteiger charge is 2.37. The average Bonchev–Trinajstić information content (AvgIpc) is 3.15. The molecule has 6 heteroatoms. The highest BCUT2D eigenvalue weighted by atomic mass is 16.5. The molecule has 0 spiro atoms. The van der Waals surface area contributed by atoms with E-state index in [2.05, 4.69) is 10.1 Å². The van der Waals surface area contributed by atoms with Crippen LogP contribution in [0, 0.1) is 11.8 Å². The van der Waals surface area contributed by atoms with Crippen LogP contribution >= 0.6 is 0 Å². The van der Waals surface area contributed by atoms with Crippen LogP contribution in [0.25, 0.3) is 0 Å². The van der Waals surface area contributed by atoms with Crippen LogP contribution in [-0.2, 0) is 14.3 Å². The molecule has 2 rings (SSSR count). The minimum absolute atomic E-state index is 0.135. The van der Waals surface area contributed by atoms with E-state index in [9.17, 15) is 4.79 Å². The largest absolute Gasteiger partial charge is 0.465 e. The fraction of sp³-hybridized carbons (Fsp3) is 0.800. The van der Waals surface area contributed by atoms with Gasteiger partial charge in [0.15, 0.2) is 0 Å². The first kappa shape index (κ1) is 15.9. The lowest BCUT2D eigenvalue weighted by atomic mass is 9.97. The Balaban J connectivity index is 2.15. The highest BCUT2D eigenvalue weighted by Crippen LogP contribution is 2.42. The van der Waals surface area contributed by atoms with Gasteiger partial charge in [0.2, 0.25) is 11.7 Å². The summed E-state index contributed by atoms with van der Waals surface area (Å²) in [6, 6.07) is 0. The van der Waals surface area contributed by atoms with Crippen molar-refractivity contribution in [1.82, 2.24) is 10.1 Å². The van der Waals surface area contributed by atoms with Crippen molar-refractivity contribution in [2.45, 2.75) is 52.1 Å². The van der Waals surface area contributed by atoms with Gasteiger partial charge in [0.05, 0.1) is 6.61 Å². The molecule has 118 valence electrons. The molecule has 1 aliphatic rings. The van der Waals surface area contributed by atoms with Gasteiger partial charge in [0.25, 0.3) is 0 Å². The first-order chi connectivity index (χ1) is 10.1. The lowest BCUT2D eigenvalue weighted by Gasteiger charge is -2.13. The Morgan fingerprint density at radius 2 is 2.14 bits per heavy atom. The summed E-state index contributed by atoms with van der Waals surface area (Å²) in [4.78, 5) is 16.5. The normalized spacial score (nSPS) is 17.8. The van der Waals surface area contributed by atoms with E-state index in [0.29, 0.717) is 36.6 Å². The fourth-order valence-electron chi connectivity index (χ4n) is 2.42. The van der Waals surface area contributed by atoms with Crippen molar-refractivity contribution in [3.05, 3.63) is 11.7 Å². The molecule has 1 saturated carbocycles. The van der Waals surface area contributed by atoms with Gasteiger partial charge in [-0.05, 0) is 38.0 Å². The molecule has 1 heterocycles. The zero-order valence-corrected chi connectivity index (χ0v) is 13.2. The molecule has 0 aromatic carbocycles. The molecule has 0 radical (unpaired) electrons. The third-order valence-electron chi connectivity index (χ3n) is 3.59. The van der Waals surface area contributed by atoms with Crippen molar-refractivity contribution in [2.24, 2.45) is 11.8 Å². The fourth-order valence-corrected chi connectivity index (χ4v) is 2.42. The Labute approximate surface area is 125 Å². The minimum Gasteiger partial charge on any atom is -0.465 e. The van der Waals surface area contributed by atoms with Gasteiger partial charge >= 0.3 is 5.97 Å². The number of methoxy groups -OCH3 is 1. The summed E-state index contributed by atoms with van der Waals surface area (Å²) in [5.74, 6) is 0.862. The summed E-state index contributed by atoms with van der Waals surface area (Å²) in [6.45, 7) is 6.23. The number of esters is 1. The standard InChI is InChI=1S/C15H24N2O4/c1-5-20-15(18)11(8-9(2)3)14-16-13(17-21-14)12(19-4)10-6-7-10/h9-12H,5-8H2,1-4H3. The molecule has 0 aliphatic heterocycles. The van der Waals surface area contributed by atoms with Crippen molar-refractivity contribution in [1.29, 1.82) is 0 Å². The number of hydrogen-bond donors (Lipinski definition) is 0. The molecule has 1 aromatic rings. The van der Waals surface area contributed by atoms with Crippen molar-refractivity contribution < 1.29 is 18.8 Å². The summed E-state index contributed by atoms with van der Waals surface area (Å²) in [5, 5.41) is 4.00. The van der Waals surface area contributed by atoms with Crippen LogP contribution in [0.1, 0.15) is 63.8 Å². The number of carbonyl (C=O) groups excluding carboxylic acids is 1. The van der Waals surface area contributed by atoms with Crippen molar-refractivity contribution in [2.75, 3.05) is 13.7 Å². The van der Waals surface area contributed by atoms with Crippen molar-refractivity contribution in [3.63, 3.8) is 0 Å². The van der Waals surface area contributed by atoms with Crippen LogP contribution in [0.5, 0.6) is 0 Å². The molecule has 2 atom stereocenters. The SMILES string of the molecule is CCOC(=O)C(CC(C)C)c1nc(C(OC)C2CC2)no1. The van der Waals surface area contributed by atoms with Crippen molar-refractivity contribution in [3.8, 4) is 0 Å². The quantitative estimate of drug-likeness (QED) is 0.687. The average molecular weight is 296 g/mol. The number of rotatable bonds is 8. The molecule has 2 unspecified atom stereocenters. The Bertz CT molecular complexity index is 468. The summed E-state index contributed by atoms with van der Waals surface area (Å²) in [6.07, 6.45) is 2.73. The predicted molar refractivity (Wildman–Crippen MR) is 75.6 cm³/mol. The molecule has 1 fully saturated rings. The Hall–Kier alpha value is -1.43. The second kappa shape index (κ2) is 7.02. The van der Waals surface area contributed by atoms with E-state index in [-0.39, 0.29) is 12.1 Å². The zero-order chi connectivity index (χ0) is 15.4. The maximum Gasteiger partial charge on any atom is 0.318 e. The van der Waals surface area contributed by atoms with Gasteiger partial charge in [-0.15, -0.1) is 0 Å². The first-order valence-corrected chi connectivity index (χ1v) is 7.59. The van der Waals surface area contributed by atoms with Crippen LogP contribution in [0.15, 0.2) is 4.52 Å². The molecular formula is C15H24N2O4. The number of hydrogen-bond acceptors (Lipinski definition) is 6. The lowest BCUT2D eigenvalue weighted by molar-refractivity contribution is -0.146. The van der Waals surface area contributed by atoms with E-state index in [4.69, 9.17) is 14.0 Å². The third kappa shape index (κ3) is 4.03. The molecule has 1 aromatic heterocycles. The molecule has 6 nitrogen and oxygen atoms in total. The summed E-state index contributed by atoms with van der Waals surface area (Å²) < 4.78 is 15.9. The van der Waals surface area contributed by atoms with E-state index in [1.54, 1.807) is 14.0 Å². The van der Waals surface area contributed by atoms with E-state index < -0.39 is 5.92 Å². The monoisotopic (exact) mass is 296 g/mol. The molecular weight excluding hydrogens is 272 g/mol. The Morgan fingerprint density at radius 1 is 1.43 bits per heavy atom. The van der Waals surface area contributed by atoms with Crippen LogP contribution in [0.3, 0.4) is 0 Å². The summed E-state index contributed by atoms with van der Waals surface area (Å²) in [7, 11) is 1.65. The minimum atomic E-state index is -0.497. The van der Waals surface area contributed by atoms with E-state index in [0.717, 1.165) is 12.8 Å². The van der Waals surface area contributed by atoms with Gasteiger partial charge in [-0.1, -0.05) is 19.0 Å². The number of ether oxygens (including phenoxy) is 2. The van der Waals surface area contributed by atoms with Gasteiger partial charge in [-0.25, -0.2) is 0 Å². The van der Waals surface area contributed by atoms with Gasteiger partial charge in [0.1, 0.15) is 12.0 Å². The maximum atomic E-state index is 12.1. The molecule has 0 saturated heterocycles. The predicted octanol–water partition coefficient (Wildman–Crippen LogP) is 2.86. The van der Waals surface area contributed by atoms with E-state index >= 15 is 0 Å². The topological polar surface area (TPSA) is 74.5 Å². The number of aromatic nitrogens is 2. The van der Waals surface area contributed by atoms with Gasteiger partial charge in [0, 0.05) is 7.11 Å². The van der Waals surface area contributed by atoms with Gasteiger partial charge in [-0.2, -0.15) is 4.98 Å². The number of nitrogens with zero attached hydrogens (tertiary/aromatic N) is 2. The second-order valence-corrected chi connectivity index (χ2v) is 5.92. The Kier molecular flexibility index (Phi) is 5.33. The lowest BCUT2D eigenvalue weighted by Crippen LogP contribution is -2.18. The van der Waals surface area contributed by atoms with E-state index in [1.165, 1.54) is 0 Å². The maximum absolute atomic E-state index is 12.1.